The third-order valence-corrected chi connectivity index (χ3v) is 5.18. The van der Waals surface area contributed by atoms with Crippen molar-refractivity contribution in [2.75, 3.05) is 40.4 Å². The van der Waals surface area contributed by atoms with Gasteiger partial charge in [0.05, 0.1) is 19.8 Å². The number of ether oxygens (including phenoxy) is 2. The molecule has 2 heterocycles. The summed E-state index contributed by atoms with van der Waals surface area (Å²) >= 11 is 0. The average molecular weight is 346 g/mol. The summed E-state index contributed by atoms with van der Waals surface area (Å²) in [5, 5.41) is 0. The van der Waals surface area contributed by atoms with Gasteiger partial charge in [0.2, 0.25) is 5.91 Å². The number of likely N-dealkylation sites (tertiary alicyclic amines) is 2. The lowest BCUT2D eigenvalue weighted by Crippen LogP contribution is -2.43. The molecule has 1 aromatic rings. The Kier molecular flexibility index (Phi) is 5.46. The van der Waals surface area contributed by atoms with Crippen molar-refractivity contribution in [1.29, 1.82) is 0 Å². The number of para-hydroxylation sites is 1. The first-order chi connectivity index (χ1) is 12.2. The summed E-state index contributed by atoms with van der Waals surface area (Å²) in [6.45, 7) is 2.98. The van der Waals surface area contributed by atoms with E-state index in [0.717, 1.165) is 38.8 Å². The Morgan fingerprint density at radius 3 is 2.24 bits per heavy atom. The largest absolute Gasteiger partial charge is 0.493 e. The van der Waals surface area contributed by atoms with Gasteiger partial charge in [-0.15, -0.1) is 0 Å². The van der Waals surface area contributed by atoms with Crippen LogP contribution in [-0.2, 0) is 4.79 Å². The molecule has 6 nitrogen and oxygen atoms in total. The molecule has 0 atom stereocenters. The van der Waals surface area contributed by atoms with Crippen LogP contribution >= 0.6 is 0 Å². The number of methoxy groups -OCH3 is 2. The Bertz CT molecular complexity index is 632. The summed E-state index contributed by atoms with van der Waals surface area (Å²) in [5.74, 6) is 1.26. The van der Waals surface area contributed by atoms with Crippen LogP contribution in [0, 0.1) is 5.92 Å². The lowest BCUT2D eigenvalue weighted by atomic mass is 9.94. The molecular formula is C19H26N2O4. The van der Waals surface area contributed by atoms with E-state index < -0.39 is 0 Å². The summed E-state index contributed by atoms with van der Waals surface area (Å²) in [7, 11) is 3.09. The van der Waals surface area contributed by atoms with Gasteiger partial charge in [-0.1, -0.05) is 6.07 Å². The normalized spacial score (nSPS) is 18.3. The van der Waals surface area contributed by atoms with Crippen molar-refractivity contribution in [3.8, 4) is 11.5 Å². The molecule has 0 radical (unpaired) electrons. The van der Waals surface area contributed by atoms with Crippen LogP contribution in [0.1, 0.15) is 36.0 Å². The third kappa shape index (κ3) is 3.57. The number of benzene rings is 1. The molecule has 2 fully saturated rings. The maximum absolute atomic E-state index is 12.9. The minimum Gasteiger partial charge on any atom is -0.493 e. The number of piperidine rings is 1. The van der Waals surface area contributed by atoms with Gasteiger partial charge in [0, 0.05) is 32.1 Å². The Morgan fingerprint density at radius 2 is 1.64 bits per heavy atom. The standard InChI is InChI=1S/C19H26N2O4/c1-24-16-7-5-6-15(17(16)25-2)19(23)21-12-8-14(9-13-21)18(22)20-10-3-4-11-20/h5-7,14H,3-4,8-13H2,1-2H3. The fourth-order valence-corrected chi connectivity index (χ4v) is 3.75. The second-order valence-corrected chi connectivity index (χ2v) is 6.64. The summed E-state index contributed by atoms with van der Waals surface area (Å²) in [6, 6.07) is 5.32. The zero-order valence-corrected chi connectivity index (χ0v) is 15.0. The summed E-state index contributed by atoms with van der Waals surface area (Å²) in [5.41, 5.74) is 0.506. The first-order valence-electron chi connectivity index (χ1n) is 8.94. The number of carbonyl (C=O) groups excluding carboxylic acids is 2. The molecular weight excluding hydrogens is 320 g/mol. The molecule has 6 heteroatoms. The van der Waals surface area contributed by atoms with Crippen LogP contribution in [0.4, 0.5) is 0 Å². The van der Waals surface area contributed by atoms with Crippen LogP contribution < -0.4 is 9.47 Å². The maximum Gasteiger partial charge on any atom is 0.257 e. The first-order valence-corrected chi connectivity index (χ1v) is 8.94. The fourth-order valence-electron chi connectivity index (χ4n) is 3.75. The molecule has 2 aliphatic rings. The highest BCUT2D eigenvalue weighted by Crippen LogP contribution is 2.32. The predicted octanol–water partition coefficient (Wildman–Crippen LogP) is 2.18. The van der Waals surface area contributed by atoms with Gasteiger partial charge in [-0.3, -0.25) is 9.59 Å². The van der Waals surface area contributed by atoms with Crippen molar-refractivity contribution in [3.05, 3.63) is 23.8 Å². The van der Waals surface area contributed by atoms with Crippen molar-refractivity contribution < 1.29 is 19.1 Å². The zero-order valence-electron chi connectivity index (χ0n) is 15.0. The van der Waals surface area contributed by atoms with Gasteiger partial charge >= 0.3 is 0 Å². The van der Waals surface area contributed by atoms with E-state index in [-0.39, 0.29) is 17.7 Å². The van der Waals surface area contributed by atoms with Crippen LogP contribution in [-0.4, -0.2) is 62.0 Å². The highest BCUT2D eigenvalue weighted by molar-refractivity contribution is 5.98. The summed E-state index contributed by atoms with van der Waals surface area (Å²) in [6.07, 6.45) is 3.68. The smallest absolute Gasteiger partial charge is 0.257 e. The zero-order chi connectivity index (χ0) is 17.8. The van der Waals surface area contributed by atoms with Crippen LogP contribution in [0.2, 0.25) is 0 Å². The Labute approximate surface area is 148 Å². The van der Waals surface area contributed by atoms with Gasteiger partial charge in [0.1, 0.15) is 0 Å². The van der Waals surface area contributed by atoms with E-state index in [1.54, 1.807) is 25.3 Å². The number of amides is 2. The maximum atomic E-state index is 12.9. The van der Waals surface area contributed by atoms with Crippen molar-refractivity contribution >= 4 is 11.8 Å². The topological polar surface area (TPSA) is 59.1 Å². The fraction of sp³-hybridized carbons (Fsp3) is 0.579. The Morgan fingerprint density at radius 1 is 0.960 bits per heavy atom. The van der Waals surface area contributed by atoms with E-state index in [0.29, 0.717) is 30.2 Å². The molecule has 136 valence electrons. The quantitative estimate of drug-likeness (QED) is 0.838. The van der Waals surface area contributed by atoms with E-state index in [4.69, 9.17) is 9.47 Å². The van der Waals surface area contributed by atoms with Crippen molar-refractivity contribution in [2.24, 2.45) is 5.92 Å². The van der Waals surface area contributed by atoms with Crippen LogP contribution in [0.5, 0.6) is 11.5 Å². The van der Waals surface area contributed by atoms with Gasteiger partial charge in [-0.2, -0.15) is 0 Å². The van der Waals surface area contributed by atoms with Crippen molar-refractivity contribution in [1.82, 2.24) is 9.80 Å². The third-order valence-electron chi connectivity index (χ3n) is 5.18. The number of hydrogen-bond donors (Lipinski definition) is 0. The first kappa shape index (κ1) is 17.6. The molecule has 3 rings (SSSR count). The minimum atomic E-state index is -0.0668. The molecule has 25 heavy (non-hydrogen) atoms. The highest BCUT2D eigenvalue weighted by atomic mass is 16.5. The molecule has 0 bridgehead atoms. The van der Waals surface area contributed by atoms with Gasteiger partial charge in [-0.25, -0.2) is 0 Å². The molecule has 0 saturated carbocycles. The lowest BCUT2D eigenvalue weighted by molar-refractivity contribution is -0.135. The molecule has 0 spiro atoms. The molecule has 2 aliphatic heterocycles. The Hall–Kier alpha value is -2.24. The van der Waals surface area contributed by atoms with Crippen LogP contribution in [0.15, 0.2) is 18.2 Å². The van der Waals surface area contributed by atoms with Crippen LogP contribution in [0.25, 0.3) is 0 Å². The van der Waals surface area contributed by atoms with Gasteiger partial charge < -0.3 is 19.3 Å². The summed E-state index contributed by atoms with van der Waals surface area (Å²) in [4.78, 5) is 29.2. The summed E-state index contributed by atoms with van der Waals surface area (Å²) < 4.78 is 10.6. The van der Waals surface area contributed by atoms with Gasteiger partial charge in [-0.05, 0) is 37.8 Å². The van der Waals surface area contributed by atoms with Crippen LogP contribution in [0.3, 0.4) is 0 Å². The van der Waals surface area contributed by atoms with E-state index in [9.17, 15) is 9.59 Å². The lowest BCUT2D eigenvalue weighted by Gasteiger charge is -2.33. The van der Waals surface area contributed by atoms with E-state index >= 15 is 0 Å². The second kappa shape index (κ2) is 7.76. The average Bonchev–Trinajstić information content (AvgIpc) is 3.21. The van der Waals surface area contributed by atoms with Gasteiger partial charge in [0.15, 0.2) is 11.5 Å². The minimum absolute atomic E-state index is 0.0503. The molecule has 0 unspecified atom stereocenters. The van der Waals surface area contributed by atoms with Crippen molar-refractivity contribution in [3.63, 3.8) is 0 Å². The predicted molar refractivity (Wildman–Crippen MR) is 94.0 cm³/mol. The number of carbonyl (C=O) groups is 2. The van der Waals surface area contributed by atoms with E-state index in [1.807, 2.05) is 9.80 Å². The number of rotatable bonds is 4. The van der Waals surface area contributed by atoms with Gasteiger partial charge in [0.25, 0.3) is 5.91 Å². The second-order valence-electron chi connectivity index (χ2n) is 6.64. The molecule has 0 aliphatic carbocycles. The number of nitrogens with zero attached hydrogens (tertiary/aromatic N) is 2. The van der Waals surface area contributed by atoms with E-state index in [2.05, 4.69) is 0 Å². The molecule has 1 aromatic carbocycles. The monoisotopic (exact) mass is 346 g/mol. The Balaban J connectivity index is 1.65. The van der Waals surface area contributed by atoms with E-state index in [1.165, 1.54) is 7.11 Å². The molecule has 2 amide bonds. The highest BCUT2D eigenvalue weighted by Gasteiger charge is 2.32. The number of hydrogen-bond acceptors (Lipinski definition) is 4. The molecule has 2 saturated heterocycles. The van der Waals surface area contributed by atoms with Crippen molar-refractivity contribution in [2.45, 2.75) is 25.7 Å². The SMILES string of the molecule is COc1cccc(C(=O)N2CCC(C(=O)N3CCCC3)CC2)c1OC. The molecule has 0 N–H and O–H groups in total. The molecule has 0 aromatic heterocycles.